The molecule has 0 aromatic carbocycles. The van der Waals surface area contributed by atoms with Gasteiger partial charge in [0, 0.05) is 19.6 Å². The molecule has 1 atom stereocenters. The molecule has 2 N–H and O–H groups in total. The number of carboxylic acid groups (broad SMARTS) is 1. The predicted octanol–water partition coefficient (Wildman–Crippen LogP) is 1.84. The van der Waals surface area contributed by atoms with Crippen LogP contribution in [-0.2, 0) is 4.79 Å². The number of aliphatic carboxylic acids is 1. The van der Waals surface area contributed by atoms with Crippen LogP contribution in [0.1, 0.15) is 26.2 Å². The highest BCUT2D eigenvalue weighted by Gasteiger charge is 2.39. The third kappa shape index (κ3) is 4.60. The molecule has 0 spiro atoms. The summed E-state index contributed by atoms with van der Waals surface area (Å²) in [5, 5.41) is 11.2. The SMILES string of the molecule is CC1(C(=O)O)CCCN(C(=O)NCCC(F)(F)F)C1. The number of hydrogen-bond donors (Lipinski definition) is 2. The molecule has 1 rings (SSSR count). The maximum absolute atomic E-state index is 11.9. The van der Waals surface area contributed by atoms with Gasteiger partial charge in [0.15, 0.2) is 0 Å². The molecule has 110 valence electrons. The maximum atomic E-state index is 11.9. The van der Waals surface area contributed by atoms with Crippen molar-refractivity contribution in [2.75, 3.05) is 19.6 Å². The van der Waals surface area contributed by atoms with Crippen LogP contribution in [0.3, 0.4) is 0 Å². The molecule has 19 heavy (non-hydrogen) atoms. The lowest BCUT2D eigenvalue weighted by atomic mass is 9.82. The largest absolute Gasteiger partial charge is 0.481 e. The van der Waals surface area contributed by atoms with Gasteiger partial charge in [0.1, 0.15) is 0 Å². The van der Waals surface area contributed by atoms with Crippen molar-refractivity contribution in [3.8, 4) is 0 Å². The third-order valence-electron chi connectivity index (χ3n) is 3.18. The van der Waals surface area contributed by atoms with Crippen LogP contribution in [0, 0.1) is 5.41 Å². The van der Waals surface area contributed by atoms with E-state index in [0.717, 1.165) is 0 Å². The first kappa shape index (κ1) is 15.6. The van der Waals surface area contributed by atoms with E-state index in [1.54, 1.807) is 0 Å². The van der Waals surface area contributed by atoms with Crippen molar-refractivity contribution in [3.05, 3.63) is 0 Å². The van der Waals surface area contributed by atoms with Crippen LogP contribution in [0.4, 0.5) is 18.0 Å². The standard InChI is InChI=1S/C11H17F3N2O3/c1-10(8(17)18)3-2-6-16(7-10)9(19)15-5-4-11(12,13)14/h2-7H2,1H3,(H,15,19)(H,17,18). The lowest BCUT2D eigenvalue weighted by molar-refractivity contribution is -0.150. The second-order valence-electron chi connectivity index (χ2n) is 4.99. The Morgan fingerprint density at radius 1 is 1.42 bits per heavy atom. The fourth-order valence-electron chi connectivity index (χ4n) is 2.01. The minimum atomic E-state index is -4.31. The van der Waals surface area contributed by atoms with Crippen molar-refractivity contribution in [2.24, 2.45) is 5.41 Å². The molecule has 1 unspecified atom stereocenters. The Hall–Kier alpha value is -1.47. The topological polar surface area (TPSA) is 69.6 Å². The fraction of sp³-hybridized carbons (Fsp3) is 0.818. The fourth-order valence-corrected chi connectivity index (χ4v) is 2.01. The van der Waals surface area contributed by atoms with E-state index in [2.05, 4.69) is 5.32 Å². The number of rotatable bonds is 3. The number of amides is 2. The van der Waals surface area contributed by atoms with Crippen LogP contribution in [0.2, 0.25) is 0 Å². The van der Waals surface area contributed by atoms with Crippen LogP contribution in [0.25, 0.3) is 0 Å². The van der Waals surface area contributed by atoms with Crippen molar-refractivity contribution >= 4 is 12.0 Å². The molecule has 2 amide bonds. The highest BCUT2D eigenvalue weighted by Crippen LogP contribution is 2.29. The first-order valence-electron chi connectivity index (χ1n) is 5.97. The molecule has 0 aromatic rings. The van der Waals surface area contributed by atoms with E-state index < -0.39 is 36.6 Å². The smallest absolute Gasteiger partial charge is 0.390 e. The van der Waals surface area contributed by atoms with E-state index in [-0.39, 0.29) is 6.54 Å². The van der Waals surface area contributed by atoms with Gasteiger partial charge >= 0.3 is 18.2 Å². The van der Waals surface area contributed by atoms with Crippen molar-refractivity contribution in [1.29, 1.82) is 0 Å². The Morgan fingerprint density at radius 2 is 2.05 bits per heavy atom. The Kier molecular flexibility index (Phi) is 4.65. The van der Waals surface area contributed by atoms with Gasteiger partial charge in [-0.3, -0.25) is 4.79 Å². The summed E-state index contributed by atoms with van der Waals surface area (Å²) in [5.41, 5.74) is -1.03. The Morgan fingerprint density at radius 3 is 2.58 bits per heavy atom. The number of halogens is 3. The Balaban J connectivity index is 2.47. The molecule has 0 aromatic heterocycles. The number of alkyl halides is 3. The summed E-state index contributed by atoms with van der Waals surface area (Å²) in [6.07, 6.45) is -4.43. The number of nitrogens with one attached hydrogen (secondary N) is 1. The number of carbonyl (C=O) groups is 2. The lowest BCUT2D eigenvalue weighted by Gasteiger charge is -2.37. The van der Waals surface area contributed by atoms with E-state index in [9.17, 15) is 22.8 Å². The van der Waals surface area contributed by atoms with Crippen molar-refractivity contribution < 1.29 is 27.9 Å². The first-order chi connectivity index (χ1) is 8.64. The summed E-state index contributed by atoms with van der Waals surface area (Å²) < 4.78 is 35.8. The van der Waals surface area contributed by atoms with E-state index in [4.69, 9.17) is 5.11 Å². The Labute approximate surface area is 108 Å². The molecule has 1 aliphatic heterocycles. The summed E-state index contributed by atoms with van der Waals surface area (Å²) in [4.78, 5) is 24.0. The summed E-state index contributed by atoms with van der Waals surface area (Å²) in [6.45, 7) is 1.41. The van der Waals surface area contributed by atoms with Crippen LogP contribution in [0.5, 0.6) is 0 Å². The van der Waals surface area contributed by atoms with Gasteiger partial charge in [-0.1, -0.05) is 0 Å². The molecule has 8 heteroatoms. The van der Waals surface area contributed by atoms with Crippen LogP contribution in [-0.4, -0.2) is 47.8 Å². The van der Waals surface area contributed by atoms with E-state index in [0.29, 0.717) is 19.4 Å². The summed E-state index contributed by atoms with van der Waals surface area (Å²) in [5.74, 6) is -1.000. The van der Waals surface area contributed by atoms with Crippen LogP contribution >= 0.6 is 0 Å². The van der Waals surface area contributed by atoms with E-state index in [1.165, 1.54) is 11.8 Å². The van der Waals surface area contributed by atoms with Gasteiger partial charge in [-0.15, -0.1) is 0 Å². The highest BCUT2D eigenvalue weighted by atomic mass is 19.4. The summed E-state index contributed by atoms with van der Waals surface area (Å²) in [6, 6.07) is -0.642. The summed E-state index contributed by atoms with van der Waals surface area (Å²) >= 11 is 0. The van der Waals surface area contributed by atoms with Gasteiger partial charge in [-0.25, -0.2) is 4.79 Å². The number of nitrogens with zero attached hydrogens (tertiary/aromatic N) is 1. The minimum absolute atomic E-state index is 0.0141. The first-order valence-corrected chi connectivity index (χ1v) is 5.97. The van der Waals surface area contributed by atoms with Crippen molar-refractivity contribution in [3.63, 3.8) is 0 Å². The molecule has 1 saturated heterocycles. The minimum Gasteiger partial charge on any atom is -0.481 e. The molecule has 0 saturated carbocycles. The second kappa shape index (κ2) is 5.66. The molecule has 5 nitrogen and oxygen atoms in total. The summed E-state index contributed by atoms with van der Waals surface area (Å²) in [7, 11) is 0. The molecule has 0 radical (unpaired) electrons. The molecule has 1 aliphatic rings. The Bertz CT molecular complexity index is 360. The normalized spacial score (nSPS) is 24.1. The zero-order valence-electron chi connectivity index (χ0n) is 10.6. The zero-order valence-corrected chi connectivity index (χ0v) is 10.6. The van der Waals surface area contributed by atoms with Crippen molar-refractivity contribution in [1.82, 2.24) is 10.2 Å². The van der Waals surface area contributed by atoms with E-state index in [1.807, 2.05) is 0 Å². The number of likely N-dealkylation sites (tertiary alicyclic amines) is 1. The average molecular weight is 282 g/mol. The van der Waals surface area contributed by atoms with Gasteiger partial charge < -0.3 is 15.3 Å². The van der Waals surface area contributed by atoms with Gasteiger partial charge in [-0.05, 0) is 19.8 Å². The van der Waals surface area contributed by atoms with Gasteiger partial charge in [-0.2, -0.15) is 13.2 Å². The predicted molar refractivity (Wildman–Crippen MR) is 60.6 cm³/mol. The molecule has 0 bridgehead atoms. The number of piperidine rings is 1. The molecular formula is C11H17F3N2O3. The number of hydrogen-bond acceptors (Lipinski definition) is 2. The molecular weight excluding hydrogens is 265 g/mol. The van der Waals surface area contributed by atoms with Crippen LogP contribution < -0.4 is 5.32 Å². The number of carboxylic acids is 1. The van der Waals surface area contributed by atoms with Gasteiger partial charge in [0.2, 0.25) is 0 Å². The average Bonchev–Trinajstić information content (AvgIpc) is 2.27. The van der Waals surface area contributed by atoms with Gasteiger partial charge in [0.25, 0.3) is 0 Å². The van der Waals surface area contributed by atoms with Crippen molar-refractivity contribution in [2.45, 2.75) is 32.4 Å². The zero-order chi connectivity index (χ0) is 14.7. The number of urea groups is 1. The molecule has 1 fully saturated rings. The van der Waals surface area contributed by atoms with Crippen LogP contribution in [0.15, 0.2) is 0 Å². The second-order valence-corrected chi connectivity index (χ2v) is 4.99. The van der Waals surface area contributed by atoms with E-state index >= 15 is 0 Å². The third-order valence-corrected chi connectivity index (χ3v) is 3.18. The number of carbonyl (C=O) groups excluding carboxylic acids is 1. The molecule has 1 heterocycles. The molecule has 0 aliphatic carbocycles. The quantitative estimate of drug-likeness (QED) is 0.829. The van der Waals surface area contributed by atoms with Gasteiger partial charge in [0.05, 0.1) is 11.8 Å². The lowest BCUT2D eigenvalue weighted by Crippen LogP contribution is -2.51. The monoisotopic (exact) mass is 282 g/mol. The maximum Gasteiger partial charge on any atom is 0.390 e. The highest BCUT2D eigenvalue weighted by molar-refractivity contribution is 5.78.